The smallest absolute Gasteiger partial charge is 0.0888 e. The van der Waals surface area contributed by atoms with Crippen LogP contribution in [0.3, 0.4) is 0 Å². The highest BCUT2D eigenvalue weighted by Crippen LogP contribution is 2.44. The first-order chi connectivity index (χ1) is 17.6. The average Bonchev–Trinajstić information content (AvgIpc) is 2.80. The Morgan fingerprint density at radius 2 is 1.55 bits per heavy atom. The Labute approximate surface area is 243 Å². The van der Waals surface area contributed by atoms with Crippen LogP contribution >= 0.6 is 23.2 Å². The molecule has 2 aromatic carbocycles. The monoisotopic (exact) mass is 556 g/mol. The number of benzene rings is 2. The van der Waals surface area contributed by atoms with E-state index < -0.39 is 0 Å². The second-order valence-electron chi connectivity index (χ2n) is 12.2. The van der Waals surface area contributed by atoms with Crippen molar-refractivity contribution in [3.05, 3.63) is 99.8 Å². The molecule has 1 aliphatic carbocycles. The normalized spacial score (nSPS) is 16.2. The molecule has 0 aromatic heterocycles. The summed E-state index contributed by atoms with van der Waals surface area (Å²) in [6.45, 7) is 27.6. The van der Waals surface area contributed by atoms with Crippen molar-refractivity contribution in [1.29, 1.82) is 0 Å². The molecule has 2 nitrogen and oxygen atoms in total. The van der Waals surface area contributed by atoms with Gasteiger partial charge < -0.3 is 11.1 Å². The maximum atomic E-state index is 6.19. The Kier molecular flexibility index (Phi) is 13.2. The maximum Gasteiger partial charge on any atom is 0.0888 e. The van der Waals surface area contributed by atoms with Gasteiger partial charge in [-0.3, -0.25) is 0 Å². The third kappa shape index (κ3) is 10.9. The Balaban J connectivity index is 0.000000378. The van der Waals surface area contributed by atoms with E-state index in [1.54, 1.807) is 0 Å². The van der Waals surface area contributed by atoms with E-state index in [1.807, 2.05) is 26.0 Å². The van der Waals surface area contributed by atoms with E-state index in [0.29, 0.717) is 38.7 Å². The predicted octanol–water partition coefficient (Wildman–Crippen LogP) is 10.8. The third-order valence-electron chi connectivity index (χ3n) is 6.27. The highest BCUT2D eigenvalue weighted by Gasteiger charge is 2.27. The molecule has 3 rings (SSSR count). The van der Waals surface area contributed by atoms with Crippen LogP contribution in [0, 0.1) is 10.8 Å². The molecule has 210 valence electrons. The molecule has 0 fully saturated rings. The second kappa shape index (κ2) is 14.8. The van der Waals surface area contributed by atoms with Gasteiger partial charge >= 0.3 is 0 Å². The zero-order valence-electron chi connectivity index (χ0n) is 25.1. The molecule has 3 N–H and O–H groups in total. The summed E-state index contributed by atoms with van der Waals surface area (Å²) in [7, 11) is 0. The fraction of sp³-hybridized carbons (Fsp3) is 0.471. The largest absolute Gasteiger partial charge is 0.386 e. The van der Waals surface area contributed by atoms with Gasteiger partial charge in [-0.2, -0.15) is 0 Å². The van der Waals surface area contributed by atoms with Gasteiger partial charge in [0, 0.05) is 12.0 Å². The van der Waals surface area contributed by atoms with Gasteiger partial charge in [0.05, 0.1) is 15.9 Å². The van der Waals surface area contributed by atoms with Crippen LogP contribution in [0.15, 0.2) is 73.1 Å². The van der Waals surface area contributed by atoms with Crippen LogP contribution in [0.1, 0.15) is 104 Å². The second-order valence-corrected chi connectivity index (χ2v) is 13.0. The number of hydrogen-bond donors (Lipinski definition) is 2. The first-order valence-electron chi connectivity index (χ1n) is 13.7. The van der Waals surface area contributed by atoms with Crippen LogP contribution in [-0.2, 0) is 0 Å². The van der Waals surface area contributed by atoms with E-state index in [-0.39, 0.29) is 0 Å². The van der Waals surface area contributed by atoms with Crippen LogP contribution in [-0.4, -0.2) is 6.04 Å². The molecule has 0 heterocycles. The molecule has 1 unspecified atom stereocenters. The van der Waals surface area contributed by atoms with Crippen LogP contribution in [0.5, 0.6) is 0 Å². The van der Waals surface area contributed by atoms with Gasteiger partial charge in [-0.1, -0.05) is 128 Å². The van der Waals surface area contributed by atoms with Crippen molar-refractivity contribution in [2.45, 2.75) is 93.5 Å². The van der Waals surface area contributed by atoms with Crippen molar-refractivity contribution in [3.63, 3.8) is 0 Å². The Hall–Kier alpha value is -2.16. The Bertz CT molecular complexity index is 1080. The van der Waals surface area contributed by atoms with Gasteiger partial charge in [0.2, 0.25) is 0 Å². The van der Waals surface area contributed by atoms with Gasteiger partial charge in [-0.05, 0) is 77.0 Å². The summed E-state index contributed by atoms with van der Waals surface area (Å²) in [6.07, 6.45) is 5.33. The van der Waals surface area contributed by atoms with E-state index in [1.165, 1.54) is 22.3 Å². The topological polar surface area (TPSA) is 38.0 Å². The van der Waals surface area contributed by atoms with Crippen LogP contribution < -0.4 is 11.1 Å². The van der Waals surface area contributed by atoms with E-state index in [9.17, 15) is 0 Å². The van der Waals surface area contributed by atoms with Crippen LogP contribution in [0.4, 0.5) is 0 Å². The Morgan fingerprint density at radius 3 is 2.03 bits per heavy atom. The minimum absolute atomic E-state index is 0.299. The number of fused-ring (bicyclic) bond motifs is 1. The lowest BCUT2D eigenvalue weighted by atomic mass is 9.74. The molecule has 0 saturated heterocycles. The molecule has 0 amide bonds. The summed E-state index contributed by atoms with van der Waals surface area (Å²) in [4.78, 5) is 0. The van der Waals surface area contributed by atoms with Gasteiger partial charge in [0.1, 0.15) is 0 Å². The average molecular weight is 558 g/mol. The molecule has 0 saturated carbocycles. The molecule has 0 bridgehead atoms. The number of allylic oxidation sites excluding steroid dienone is 3. The number of rotatable bonds is 5. The van der Waals surface area contributed by atoms with Crippen molar-refractivity contribution >= 4 is 28.8 Å². The summed E-state index contributed by atoms with van der Waals surface area (Å²) < 4.78 is 0. The number of nitrogens with one attached hydrogen (secondary N) is 1. The van der Waals surface area contributed by atoms with E-state index in [4.69, 9.17) is 28.9 Å². The van der Waals surface area contributed by atoms with Gasteiger partial charge in [-0.15, -0.1) is 0 Å². The van der Waals surface area contributed by atoms with Crippen LogP contribution in [0.2, 0.25) is 10.0 Å². The molecule has 0 aliphatic heterocycles. The van der Waals surface area contributed by atoms with Crippen molar-refractivity contribution in [1.82, 2.24) is 5.32 Å². The fourth-order valence-corrected chi connectivity index (χ4v) is 5.24. The highest BCUT2D eigenvalue weighted by atomic mass is 35.5. The van der Waals surface area contributed by atoms with Crippen molar-refractivity contribution in [3.8, 4) is 0 Å². The molecular weight excluding hydrogens is 507 g/mol. The summed E-state index contributed by atoms with van der Waals surface area (Å²) in [5.74, 6) is 0.876. The Morgan fingerprint density at radius 1 is 1.00 bits per heavy atom. The fourth-order valence-electron chi connectivity index (χ4n) is 4.94. The third-order valence-corrected chi connectivity index (χ3v) is 7.01. The van der Waals surface area contributed by atoms with E-state index >= 15 is 0 Å². The lowest BCUT2D eigenvalue weighted by Gasteiger charge is -2.32. The number of nitrogens with two attached hydrogens (primary N) is 1. The quantitative estimate of drug-likeness (QED) is 0.384. The zero-order valence-corrected chi connectivity index (χ0v) is 26.7. The molecule has 0 radical (unpaired) electrons. The summed E-state index contributed by atoms with van der Waals surface area (Å²) in [5, 5.41) is 4.48. The number of halogens is 2. The minimum Gasteiger partial charge on any atom is -0.386 e. The summed E-state index contributed by atoms with van der Waals surface area (Å²) in [5.41, 5.74) is 12.4. The van der Waals surface area contributed by atoms with Crippen molar-refractivity contribution < 1.29 is 0 Å². The van der Waals surface area contributed by atoms with Crippen LogP contribution in [0.25, 0.3) is 5.57 Å². The highest BCUT2D eigenvalue weighted by molar-refractivity contribution is 6.42. The van der Waals surface area contributed by atoms with Gasteiger partial charge in [0.25, 0.3) is 0 Å². The van der Waals surface area contributed by atoms with Gasteiger partial charge in [-0.25, -0.2) is 0 Å². The SMILES string of the molecule is C=C(N)NC(CC(C)(C)C)CC(C)(C)C.C=C1/C(=C\C)CC(c2ccc(Cl)c(Cl)c2)c2ccccc21.CC. The summed E-state index contributed by atoms with van der Waals surface area (Å²) in [6, 6.07) is 14.8. The first-order valence-corrected chi connectivity index (χ1v) is 14.5. The molecule has 4 heteroatoms. The molecule has 1 aliphatic rings. The number of hydrogen-bond acceptors (Lipinski definition) is 2. The molecule has 0 spiro atoms. The van der Waals surface area contributed by atoms with E-state index in [2.05, 4.69) is 103 Å². The standard InChI is InChI=1S/C19H16Cl2.C13H28N2.C2H6/c1-3-13-10-17(14-8-9-18(20)19(21)11-14)16-7-5-4-6-15(16)12(13)2;1-10(14)15-11(8-12(2,3)4)9-13(5,6)7;1-2/h3-9,11,17H,2,10H2,1H3;11,15H,1,8-9,14H2,2-7H3;1-2H3/b13-3-;;. The lowest BCUT2D eigenvalue weighted by molar-refractivity contribution is 0.249. The van der Waals surface area contributed by atoms with Crippen molar-refractivity contribution in [2.75, 3.05) is 0 Å². The predicted molar refractivity (Wildman–Crippen MR) is 172 cm³/mol. The minimum atomic E-state index is 0.299. The molecule has 38 heavy (non-hydrogen) atoms. The summed E-state index contributed by atoms with van der Waals surface area (Å²) >= 11 is 12.2. The lowest BCUT2D eigenvalue weighted by Crippen LogP contribution is -2.37. The molecule has 1 atom stereocenters. The zero-order chi connectivity index (χ0) is 29.3. The van der Waals surface area contributed by atoms with E-state index in [0.717, 1.165) is 24.8 Å². The first kappa shape index (κ1) is 33.9. The molecular formula is C34H50Cl2N2. The molecule has 2 aromatic rings. The van der Waals surface area contributed by atoms with Gasteiger partial charge in [0.15, 0.2) is 0 Å². The van der Waals surface area contributed by atoms with Crippen molar-refractivity contribution in [2.24, 2.45) is 16.6 Å². The maximum absolute atomic E-state index is 6.19.